The molecule has 0 amide bonds. The van der Waals surface area contributed by atoms with Crippen molar-refractivity contribution in [2.24, 2.45) is 0 Å². The van der Waals surface area contributed by atoms with Crippen LogP contribution in [-0.4, -0.2) is 38.7 Å². The van der Waals surface area contributed by atoms with Crippen molar-refractivity contribution in [3.8, 4) is 11.5 Å². The van der Waals surface area contributed by atoms with Gasteiger partial charge in [-0.1, -0.05) is 18.2 Å². The minimum atomic E-state index is -0.273. The van der Waals surface area contributed by atoms with E-state index >= 15 is 0 Å². The normalized spacial score (nSPS) is 10.3. The summed E-state index contributed by atoms with van der Waals surface area (Å²) in [5.41, 5.74) is 1.62. The fraction of sp³-hybridized carbons (Fsp3) is 0.429. The van der Waals surface area contributed by atoms with E-state index in [2.05, 4.69) is 40.2 Å². The summed E-state index contributed by atoms with van der Waals surface area (Å²) in [6.07, 6.45) is 1.09. The smallest absolute Gasteiger partial charge is 0.175 e. The molecule has 1 N–H and O–H groups in total. The Morgan fingerprint density at radius 1 is 1.10 bits per heavy atom. The van der Waals surface area contributed by atoms with Gasteiger partial charge in [-0.15, -0.1) is 24.8 Å². The van der Waals surface area contributed by atoms with Gasteiger partial charge in [-0.25, -0.2) is 4.39 Å². The Balaban J connectivity index is 0.00000392. The van der Waals surface area contributed by atoms with Crippen LogP contribution in [0, 0.1) is 5.82 Å². The molecule has 0 aliphatic rings. The number of hydrogen-bond donors (Lipinski definition) is 1. The molecule has 0 unspecified atom stereocenters. The minimum absolute atomic E-state index is 0. The Hall–Kier alpha value is -1.05. The standard InChI is InChI=1S/C21H28BrFN2O2.2ClH/c1-4-26-20-13-16(14-24-10-7-11-25(2)3)12-18(22)21(20)27-15-17-8-5-6-9-19(17)23;;/h5-6,8-9,12-13,24H,4,7,10-11,14-15H2,1-3H3;2*1H. The van der Waals surface area contributed by atoms with Crippen LogP contribution in [0.15, 0.2) is 40.9 Å². The molecule has 0 saturated heterocycles. The molecular weight excluding hydrogens is 482 g/mol. The van der Waals surface area contributed by atoms with Crippen molar-refractivity contribution in [1.82, 2.24) is 10.2 Å². The number of nitrogens with zero attached hydrogens (tertiary/aromatic N) is 1. The zero-order chi connectivity index (χ0) is 19.6. The van der Waals surface area contributed by atoms with Crippen molar-refractivity contribution < 1.29 is 13.9 Å². The Bertz CT molecular complexity index is 736. The van der Waals surface area contributed by atoms with Gasteiger partial charge in [0.15, 0.2) is 11.5 Å². The lowest BCUT2D eigenvalue weighted by Crippen LogP contribution is -2.21. The van der Waals surface area contributed by atoms with E-state index in [0.717, 1.165) is 36.1 Å². The summed E-state index contributed by atoms with van der Waals surface area (Å²) in [6, 6.07) is 10.6. The maximum atomic E-state index is 13.8. The quantitative estimate of drug-likeness (QED) is 0.406. The molecule has 164 valence electrons. The molecule has 0 radical (unpaired) electrons. The zero-order valence-electron chi connectivity index (χ0n) is 17.0. The second-order valence-corrected chi connectivity index (χ2v) is 7.41. The monoisotopic (exact) mass is 510 g/mol. The average Bonchev–Trinajstić information content (AvgIpc) is 2.62. The molecule has 0 aliphatic carbocycles. The van der Waals surface area contributed by atoms with E-state index in [0.29, 0.717) is 23.7 Å². The number of halogens is 4. The third kappa shape index (κ3) is 9.53. The number of benzene rings is 2. The third-order valence-corrected chi connectivity index (χ3v) is 4.58. The molecule has 2 aromatic carbocycles. The molecule has 2 rings (SSSR count). The van der Waals surface area contributed by atoms with E-state index in [9.17, 15) is 4.39 Å². The number of hydrogen-bond acceptors (Lipinski definition) is 4. The van der Waals surface area contributed by atoms with Crippen molar-refractivity contribution in [3.05, 3.63) is 57.8 Å². The Morgan fingerprint density at radius 2 is 1.83 bits per heavy atom. The van der Waals surface area contributed by atoms with E-state index in [4.69, 9.17) is 9.47 Å². The van der Waals surface area contributed by atoms with Gasteiger partial charge in [-0.05, 0) is 80.2 Å². The highest BCUT2D eigenvalue weighted by Crippen LogP contribution is 2.37. The Kier molecular flexibility index (Phi) is 14.3. The summed E-state index contributed by atoms with van der Waals surface area (Å²) in [5.74, 6) is 0.981. The Labute approximate surface area is 194 Å². The fourth-order valence-electron chi connectivity index (χ4n) is 2.64. The molecule has 0 aliphatic heterocycles. The predicted octanol–water partition coefficient (Wildman–Crippen LogP) is 5.45. The maximum Gasteiger partial charge on any atom is 0.175 e. The summed E-state index contributed by atoms with van der Waals surface area (Å²) in [4.78, 5) is 2.17. The summed E-state index contributed by atoms with van der Waals surface area (Å²) >= 11 is 3.57. The van der Waals surface area contributed by atoms with Gasteiger partial charge in [0.2, 0.25) is 0 Å². The van der Waals surface area contributed by atoms with Crippen molar-refractivity contribution >= 4 is 40.7 Å². The van der Waals surface area contributed by atoms with Crippen LogP contribution < -0.4 is 14.8 Å². The molecule has 4 nitrogen and oxygen atoms in total. The van der Waals surface area contributed by atoms with Gasteiger partial charge in [-0.2, -0.15) is 0 Å². The van der Waals surface area contributed by atoms with Crippen molar-refractivity contribution in [1.29, 1.82) is 0 Å². The topological polar surface area (TPSA) is 33.7 Å². The molecule has 0 atom stereocenters. The first-order valence-corrected chi connectivity index (χ1v) is 9.97. The lowest BCUT2D eigenvalue weighted by Gasteiger charge is -2.16. The summed E-state index contributed by atoms with van der Waals surface area (Å²) in [7, 11) is 4.15. The average molecular weight is 512 g/mol. The molecule has 0 fully saturated rings. The van der Waals surface area contributed by atoms with Crippen LogP contribution in [-0.2, 0) is 13.2 Å². The molecule has 0 aromatic heterocycles. The SMILES string of the molecule is CCOc1cc(CNCCCN(C)C)cc(Br)c1OCc1ccccc1F.Cl.Cl. The molecule has 0 saturated carbocycles. The van der Waals surface area contributed by atoms with E-state index in [1.165, 1.54) is 6.07 Å². The van der Waals surface area contributed by atoms with E-state index < -0.39 is 0 Å². The van der Waals surface area contributed by atoms with Gasteiger partial charge in [0, 0.05) is 12.1 Å². The number of rotatable bonds is 11. The third-order valence-electron chi connectivity index (χ3n) is 3.99. The van der Waals surface area contributed by atoms with Crippen LogP contribution in [0.1, 0.15) is 24.5 Å². The molecule has 0 spiro atoms. The fourth-order valence-corrected chi connectivity index (χ4v) is 3.25. The van der Waals surface area contributed by atoms with Gasteiger partial charge in [0.1, 0.15) is 12.4 Å². The minimum Gasteiger partial charge on any atom is -0.490 e. The van der Waals surface area contributed by atoms with Crippen LogP contribution in [0.3, 0.4) is 0 Å². The molecule has 8 heteroatoms. The molecule has 0 bridgehead atoms. The molecule has 2 aromatic rings. The van der Waals surface area contributed by atoms with Crippen LogP contribution >= 0.6 is 40.7 Å². The summed E-state index contributed by atoms with van der Waals surface area (Å²) in [5, 5.41) is 3.44. The molecule has 0 heterocycles. The first-order valence-electron chi connectivity index (χ1n) is 9.18. The maximum absolute atomic E-state index is 13.8. The lowest BCUT2D eigenvalue weighted by molar-refractivity contribution is 0.264. The summed E-state index contributed by atoms with van der Waals surface area (Å²) < 4.78 is 26.3. The van der Waals surface area contributed by atoms with Crippen molar-refractivity contribution in [2.75, 3.05) is 33.8 Å². The van der Waals surface area contributed by atoms with Gasteiger partial charge in [-0.3, -0.25) is 0 Å². The van der Waals surface area contributed by atoms with Crippen LogP contribution in [0.4, 0.5) is 4.39 Å². The largest absolute Gasteiger partial charge is 0.490 e. The highest BCUT2D eigenvalue weighted by molar-refractivity contribution is 9.10. The van der Waals surface area contributed by atoms with E-state index in [-0.39, 0.29) is 37.2 Å². The lowest BCUT2D eigenvalue weighted by atomic mass is 10.2. The highest BCUT2D eigenvalue weighted by atomic mass is 79.9. The van der Waals surface area contributed by atoms with E-state index in [1.807, 2.05) is 19.1 Å². The van der Waals surface area contributed by atoms with Gasteiger partial charge >= 0.3 is 0 Å². The highest BCUT2D eigenvalue weighted by Gasteiger charge is 2.13. The second kappa shape index (κ2) is 14.9. The van der Waals surface area contributed by atoms with E-state index in [1.54, 1.807) is 18.2 Å². The zero-order valence-corrected chi connectivity index (χ0v) is 20.3. The van der Waals surface area contributed by atoms with Crippen LogP contribution in [0.2, 0.25) is 0 Å². The van der Waals surface area contributed by atoms with Crippen molar-refractivity contribution in [3.63, 3.8) is 0 Å². The molecular formula is C21H30BrCl2FN2O2. The Morgan fingerprint density at radius 3 is 2.48 bits per heavy atom. The second-order valence-electron chi connectivity index (χ2n) is 6.55. The van der Waals surface area contributed by atoms with Gasteiger partial charge in [0.05, 0.1) is 11.1 Å². The van der Waals surface area contributed by atoms with Crippen LogP contribution in [0.25, 0.3) is 0 Å². The molecule has 29 heavy (non-hydrogen) atoms. The van der Waals surface area contributed by atoms with Gasteiger partial charge < -0.3 is 19.7 Å². The first-order chi connectivity index (χ1) is 13.0. The number of nitrogens with one attached hydrogen (secondary N) is 1. The number of ether oxygens (including phenoxy) is 2. The summed E-state index contributed by atoms with van der Waals surface area (Å²) in [6.45, 7) is 5.37. The predicted molar refractivity (Wildman–Crippen MR) is 125 cm³/mol. The first kappa shape index (κ1) is 27.9. The van der Waals surface area contributed by atoms with Crippen LogP contribution in [0.5, 0.6) is 11.5 Å². The van der Waals surface area contributed by atoms with Crippen molar-refractivity contribution in [2.45, 2.75) is 26.5 Å². The van der Waals surface area contributed by atoms with Gasteiger partial charge in [0.25, 0.3) is 0 Å².